The average Bonchev–Trinajstić information content (AvgIpc) is 2.35. The number of phenols is 1. The van der Waals surface area contributed by atoms with Crippen LogP contribution in [-0.2, 0) is 20.9 Å². The Morgan fingerprint density at radius 3 is 2.94 bits per heavy atom. The van der Waals surface area contributed by atoms with Crippen LogP contribution in [0.25, 0.3) is 0 Å². The molecule has 1 aromatic carbocycles. The zero-order valence-corrected chi connectivity index (χ0v) is 9.30. The lowest BCUT2D eigenvalue weighted by molar-refractivity contribution is -0.137. The van der Waals surface area contributed by atoms with Crippen molar-refractivity contribution in [2.75, 3.05) is 13.7 Å². The summed E-state index contributed by atoms with van der Waals surface area (Å²) >= 11 is 0. The molecule has 1 amide bonds. The Bertz CT molecular complexity index is 405. The van der Waals surface area contributed by atoms with E-state index in [-0.39, 0.29) is 25.4 Å². The van der Waals surface area contributed by atoms with Crippen LogP contribution < -0.4 is 10.1 Å². The molecule has 17 heavy (non-hydrogen) atoms. The van der Waals surface area contributed by atoms with Crippen molar-refractivity contribution in [1.82, 2.24) is 5.32 Å². The quantitative estimate of drug-likeness (QED) is 0.692. The zero-order chi connectivity index (χ0) is 12.7. The van der Waals surface area contributed by atoms with Crippen LogP contribution >= 0.6 is 0 Å². The van der Waals surface area contributed by atoms with Gasteiger partial charge in [0, 0.05) is 6.54 Å². The van der Waals surface area contributed by atoms with Crippen LogP contribution in [0.2, 0.25) is 0 Å². The summed E-state index contributed by atoms with van der Waals surface area (Å²) in [6, 6.07) is 4.73. The van der Waals surface area contributed by atoms with E-state index in [0.717, 1.165) is 5.56 Å². The molecule has 0 atom stereocenters. The predicted octanol–water partition coefficient (Wildman–Crippen LogP) is 0.190. The molecular weight excluding hydrogens is 226 g/mol. The van der Waals surface area contributed by atoms with E-state index in [4.69, 9.17) is 4.74 Å². The van der Waals surface area contributed by atoms with Crippen molar-refractivity contribution in [3.63, 3.8) is 0 Å². The number of aromatic hydroxyl groups is 1. The van der Waals surface area contributed by atoms with Gasteiger partial charge in [-0.3, -0.25) is 9.59 Å². The number of rotatable bonds is 6. The van der Waals surface area contributed by atoms with Crippen molar-refractivity contribution in [2.45, 2.75) is 6.54 Å². The van der Waals surface area contributed by atoms with E-state index in [1.807, 2.05) is 0 Å². The van der Waals surface area contributed by atoms with Crippen LogP contribution in [-0.4, -0.2) is 31.2 Å². The van der Waals surface area contributed by atoms with Gasteiger partial charge in [0.05, 0.1) is 7.11 Å². The summed E-state index contributed by atoms with van der Waals surface area (Å²) in [5.41, 5.74) is 0.763. The van der Waals surface area contributed by atoms with Crippen molar-refractivity contribution in [3.8, 4) is 11.5 Å². The second-order valence-corrected chi connectivity index (χ2v) is 3.19. The van der Waals surface area contributed by atoms with Gasteiger partial charge in [-0.05, 0) is 17.7 Å². The van der Waals surface area contributed by atoms with Crippen LogP contribution in [0, 0.1) is 0 Å². The first-order valence-corrected chi connectivity index (χ1v) is 4.85. The number of carbonyl (C=O) groups excluding carboxylic acids is 2. The van der Waals surface area contributed by atoms with E-state index in [1.165, 1.54) is 13.2 Å². The second-order valence-electron chi connectivity index (χ2n) is 3.19. The number of methoxy groups -OCH3 is 1. The van der Waals surface area contributed by atoms with Gasteiger partial charge in [-0.25, -0.2) is 0 Å². The summed E-state index contributed by atoms with van der Waals surface area (Å²) in [6.45, 7) is 0.166. The molecule has 6 nitrogen and oxygen atoms in total. The lowest BCUT2D eigenvalue weighted by Gasteiger charge is -2.07. The maximum atomic E-state index is 11.1. The van der Waals surface area contributed by atoms with Gasteiger partial charge in [0.15, 0.2) is 18.1 Å². The van der Waals surface area contributed by atoms with Crippen LogP contribution in [0.1, 0.15) is 5.56 Å². The third kappa shape index (κ3) is 4.02. The maximum Gasteiger partial charge on any atom is 0.293 e. The number of carbonyl (C=O) groups is 2. The Hall–Kier alpha value is -2.24. The SMILES string of the molecule is COc1cc(CNC(=O)COC=O)ccc1O. The summed E-state index contributed by atoms with van der Waals surface area (Å²) in [5, 5.41) is 11.9. The molecule has 92 valence electrons. The Balaban J connectivity index is 2.51. The fourth-order valence-electron chi connectivity index (χ4n) is 1.19. The molecule has 0 aromatic heterocycles. The highest BCUT2D eigenvalue weighted by Crippen LogP contribution is 2.25. The van der Waals surface area contributed by atoms with E-state index in [2.05, 4.69) is 10.1 Å². The number of benzene rings is 1. The molecule has 0 spiro atoms. The van der Waals surface area contributed by atoms with Crippen molar-refractivity contribution >= 4 is 12.4 Å². The number of hydrogen-bond acceptors (Lipinski definition) is 5. The lowest BCUT2D eigenvalue weighted by atomic mass is 10.2. The second kappa shape index (κ2) is 6.37. The molecule has 0 aliphatic rings. The lowest BCUT2D eigenvalue weighted by Crippen LogP contribution is -2.26. The Kier molecular flexibility index (Phi) is 4.80. The minimum absolute atomic E-state index is 0.0341. The van der Waals surface area contributed by atoms with Crippen LogP contribution in [0.5, 0.6) is 11.5 Å². The molecule has 0 saturated heterocycles. The zero-order valence-electron chi connectivity index (χ0n) is 9.30. The van der Waals surface area contributed by atoms with Gasteiger partial charge < -0.3 is 19.9 Å². The molecule has 0 radical (unpaired) electrons. The molecule has 0 heterocycles. The van der Waals surface area contributed by atoms with Gasteiger partial charge in [0.25, 0.3) is 12.4 Å². The maximum absolute atomic E-state index is 11.1. The normalized spacial score (nSPS) is 9.47. The van der Waals surface area contributed by atoms with E-state index in [9.17, 15) is 14.7 Å². The third-order valence-corrected chi connectivity index (χ3v) is 2.02. The standard InChI is InChI=1S/C11H13NO5/c1-16-10-4-8(2-3-9(10)14)5-12-11(15)6-17-7-13/h2-4,7,14H,5-6H2,1H3,(H,12,15). The topological polar surface area (TPSA) is 84.9 Å². The number of amides is 1. The first-order valence-electron chi connectivity index (χ1n) is 4.85. The highest BCUT2D eigenvalue weighted by Gasteiger charge is 2.04. The molecule has 0 saturated carbocycles. The summed E-state index contributed by atoms with van der Waals surface area (Å²) in [5.74, 6) is -0.0307. The monoisotopic (exact) mass is 239 g/mol. The molecule has 1 aromatic rings. The highest BCUT2D eigenvalue weighted by molar-refractivity contribution is 5.78. The van der Waals surface area contributed by atoms with Crippen LogP contribution in [0.15, 0.2) is 18.2 Å². The molecule has 0 bridgehead atoms. The van der Waals surface area contributed by atoms with Crippen molar-refractivity contribution < 1.29 is 24.2 Å². The minimum atomic E-state index is -0.399. The van der Waals surface area contributed by atoms with Crippen molar-refractivity contribution in [2.24, 2.45) is 0 Å². The summed E-state index contributed by atoms with van der Waals surface area (Å²) in [6.07, 6.45) is 0. The molecule has 2 N–H and O–H groups in total. The third-order valence-electron chi connectivity index (χ3n) is 2.02. The van der Waals surface area contributed by atoms with E-state index in [1.54, 1.807) is 12.1 Å². The van der Waals surface area contributed by atoms with Crippen LogP contribution in [0.4, 0.5) is 0 Å². The summed E-state index contributed by atoms with van der Waals surface area (Å²) in [4.78, 5) is 21.0. The first-order chi connectivity index (χ1) is 8.17. The molecular formula is C11H13NO5. The molecule has 1 rings (SSSR count). The molecule has 0 aliphatic carbocycles. The largest absolute Gasteiger partial charge is 0.504 e. The summed E-state index contributed by atoms with van der Waals surface area (Å²) < 4.78 is 9.21. The smallest absolute Gasteiger partial charge is 0.293 e. The van der Waals surface area contributed by atoms with Gasteiger partial charge in [-0.1, -0.05) is 6.07 Å². The highest BCUT2D eigenvalue weighted by atomic mass is 16.5. The number of hydrogen-bond donors (Lipinski definition) is 2. The van der Waals surface area contributed by atoms with Gasteiger partial charge in [0.2, 0.25) is 0 Å². The fourth-order valence-corrected chi connectivity index (χ4v) is 1.19. The average molecular weight is 239 g/mol. The van der Waals surface area contributed by atoms with Crippen molar-refractivity contribution in [1.29, 1.82) is 0 Å². The van der Waals surface area contributed by atoms with Crippen molar-refractivity contribution in [3.05, 3.63) is 23.8 Å². The number of ether oxygens (including phenoxy) is 2. The summed E-state index contributed by atoms with van der Waals surface area (Å²) in [7, 11) is 1.44. The molecule has 0 unspecified atom stereocenters. The van der Waals surface area contributed by atoms with Gasteiger partial charge in [-0.2, -0.15) is 0 Å². The molecule has 0 aliphatic heterocycles. The minimum Gasteiger partial charge on any atom is -0.504 e. The van der Waals surface area contributed by atoms with Gasteiger partial charge in [0.1, 0.15) is 0 Å². The number of nitrogens with one attached hydrogen (secondary N) is 1. The Morgan fingerprint density at radius 2 is 2.29 bits per heavy atom. The first kappa shape index (κ1) is 12.8. The Morgan fingerprint density at radius 1 is 1.53 bits per heavy atom. The fraction of sp³-hybridized carbons (Fsp3) is 0.273. The van der Waals surface area contributed by atoms with E-state index < -0.39 is 5.91 Å². The molecule has 6 heteroatoms. The van der Waals surface area contributed by atoms with Gasteiger partial charge >= 0.3 is 0 Å². The predicted molar refractivity (Wildman–Crippen MR) is 58.5 cm³/mol. The van der Waals surface area contributed by atoms with Gasteiger partial charge in [-0.15, -0.1) is 0 Å². The van der Waals surface area contributed by atoms with E-state index in [0.29, 0.717) is 5.75 Å². The van der Waals surface area contributed by atoms with E-state index >= 15 is 0 Å². The number of phenolic OH excluding ortho intramolecular Hbond substituents is 1. The van der Waals surface area contributed by atoms with Crippen LogP contribution in [0.3, 0.4) is 0 Å². The Labute approximate surface area is 98.2 Å². The molecule has 0 fully saturated rings.